The molecule has 0 aromatic rings. The molecule has 0 aromatic carbocycles. The standard InChI is InChI=1S/C71H138O17P2/c1-6-10-13-16-19-22-24-26-28-29-30-31-33-35-37-40-46-51-56-70(75)87-66(60-82-69(74)55-50-45-39-36-34-32-27-25-23-20-17-14-11-7-2)62-85-89(77,78)83-58-65(72)59-84-90(79,80)86-63-67(61-81-68(73)54-49-44-38-21-18-15-12-8-3)88-71(76)57-52-47-42-41-43-48-53-64(5)9-4/h64-67,72H,6-63H2,1-5H3,(H,77,78)(H,79,80)/t64?,65-,66-,67-/m1/s1. The summed E-state index contributed by atoms with van der Waals surface area (Å²) in [5, 5.41) is 10.6. The third kappa shape index (κ3) is 63.5. The van der Waals surface area contributed by atoms with Gasteiger partial charge in [-0.15, -0.1) is 0 Å². The van der Waals surface area contributed by atoms with E-state index in [0.717, 1.165) is 102 Å². The molecule has 90 heavy (non-hydrogen) atoms. The van der Waals surface area contributed by atoms with E-state index >= 15 is 0 Å². The average Bonchev–Trinajstić information content (AvgIpc) is 3.05. The molecule has 0 aliphatic rings. The SMILES string of the molecule is CCCCCCCCCCCCCCCCCCCCC(=O)O[C@H](COC(=O)CCCCCCCCCCCCCCCC)COP(=O)(O)OC[C@@H](O)COP(=O)(O)OC[C@@H](COC(=O)CCCCCCCCCC)OC(=O)CCCCCCCCC(C)CC. The number of rotatable bonds is 71. The highest BCUT2D eigenvalue weighted by atomic mass is 31.2. The summed E-state index contributed by atoms with van der Waals surface area (Å²) in [6.07, 6.45) is 51.4. The molecule has 0 saturated carbocycles. The van der Waals surface area contributed by atoms with Crippen LogP contribution in [0.3, 0.4) is 0 Å². The third-order valence-corrected chi connectivity index (χ3v) is 18.8. The molecule has 534 valence electrons. The van der Waals surface area contributed by atoms with Crippen molar-refractivity contribution in [1.29, 1.82) is 0 Å². The van der Waals surface area contributed by atoms with E-state index in [-0.39, 0.29) is 25.7 Å². The van der Waals surface area contributed by atoms with Crippen LogP contribution < -0.4 is 0 Å². The lowest BCUT2D eigenvalue weighted by Gasteiger charge is -2.21. The van der Waals surface area contributed by atoms with E-state index in [0.29, 0.717) is 25.7 Å². The van der Waals surface area contributed by atoms with Gasteiger partial charge in [0.1, 0.15) is 19.3 Å². The Bertz CT molecular complexity index is 1740. The molecular weight excluding hydrogens is 1190 g/mol. The molecule has 19 heteroatoms. The van der Waals surface area contributed by atoms with Crippen molar-refractivity contribution in [1.82, 2.24) is 0 Å². The van der Waals surface area contributed by atoms with Crippen LogP contribution in [0.4, 0.5) is 0 Å². The van der Waals surface area contributed by atoms with Gasteiger partial charge in [-0.2, -0.15) is 0 Å². The molecule has 0 aromatic heterocycles. The van der Waals surface area contributed by atoms with Crippen LogP contribution in [0.2, 0.25) is 0 Å². The summed E-state index contributed by atoms with van der Waals surface area (Å²) in [6, 6.07) is 0. The molecule has 0 bridgehead atoms. The minimum Gasteiger partial charge on any atom is -0.462 e. The van der Waals surface area contributed by atoms with Gasteiger partial charge in [0.15, 0.2) is 12.2 Å². The minimum absolute atomic E-state index is 0.103. The van der Waals surface area contributed by atoms with Crippen LogP contribution in [-0.4, -0.2) is 96.7 Å². The first kappa shape index (κ1) is 88.1. The van der Waals surface area contributed by atoms with E-state index in [1.54, 1.807) is 0 Å². The number of esters is 4. The van der Waals surface area contributed by atoms with Gasteiger partial charge in [-0.3, -0.25) is 37.3 Å². The average molecular weight is 1330 g/mol. The van der Waals surface area contributed by atoms with E-state index in [2.05, 4.69) is 34.6 Å². The molecular formula is C71H138O17P2. The van der Waals surface area contributed by atoms with Gasteiger partial charge in [-0.05, 0) is 31.6 Å². The number of phosphoric ester groups is 2. The predicted octanol–water partition coefficient (Wildman–Crippen LogP) is 20.5. The molecule has 0 rings (SSSR count). The molecule has 6 atom stereocenters. The first-order chi connectivity index (χ1) is 43.6. The van der Waals surface area contributed by atoms with E-state index in [4.69, 9.17) is 37.0 Å². The van der Waals surface area contributed by atoms with Gasteiger partial charge >= 0.3 is 39.5 Å². The zero-order valence-electron chi connectivity index (χ0n) is 58.3. The lowest BCUT2D eigenvalue weighted by Crippen LogP contribution is -2.30. The van der Waals surface area contributed by atoms with Crippen molar-refractivity contribution in [3.05, 3.63) is 0 Å². The van der Waals surface area contributed by atoms with Crippen LogP contribution in [0, 0.1) is 5.92 Å². The number of unbranched alkanes of at least 4 members (excludes halogenated alkanes) is 42. The topological polar surface area (TPSA) is 237 Å². The van der Waals surface area contributed by atoms with Gasteiger partial charge in [0.05, 0.1) is 26.4 Å². The fraction of sp³-hybridized carbons (Fsp3) is 0.944. The number of hydrogen-bond acceptors (Lipinski definition) is 15. The Hall–Kier alpha value is -1.94. The van der Waals surface area contributed by atoms with Crippen LogP contribution in [0.25, 0.3) is 0 Å². The van der Waals surface area contributed by atoms with Crippen molar-refractivity contribution in [2.45, 2.75) is 387 Å². The molecule has 0 saturated heterocycles. The van der Waals surface area contributed by atoms with Gasteiger partial charge in [0, 0.05) is 25.7 Å². The Balaban J connectivity index is 5.20. The van der Waals surface area contributed by atoms with Crippen molar-refractivity contribution in [2.75, 3.05) is 39.6 Å². The maximum absolute atomic E-state index is 13.0. The van der Waals surface area contributed by atoms with Crippen LogP contribution >= 0.6 is 15.6 Å². The molecule has 0 heterocycles. The van der Waals surface area contributed by atoms with Gasteiger partial charge in [-0.1, -0.05) is 317 Å². The number of carbonyl (C=O) groups is 4. The second-order valence-corrected chi connectivity index (χ2v) is 28.8. The first-order valence-corrected chi connectivity index (χ1v) is 40.2. The first-order valence-electron chi connectivity index (χ1n) is 37.2. The summed E-state index contributed by atoms with van der Waals surface area (Å²) < 4.78 is 68.2. The lowest BCUT2D eigenvalue weighted by atomic mass is 10.00. The van der Waals surface area contributed by atoms with Gasteiger partial charge in [-0.25, -0.2) is 9.13 Å². The number of phosphoric acid groups is 2. The number of aliphatic hydroxyl groups is 1. The normalized spacial score (nSPS) is 14.4. The molecule has 17 nitrogen and oxygen atoms in total. The zero-order chi connectivity index (χ0) is 66.3. The van der Waals surface area contributed by atoms with E-state index < -0.39 is 97.5 Å². The molecule has 3 N–H and O–H groups in total. The summed E-state index contributed by atoms with van der Waals surface area (Å²) >= 11 is 0. The quantitative estimate of drug-likeness (QED) is 0.0222. The Morgan fingerprint density at radius 2 is 0.533 bits per heavy atom. The summed E-state index contributed by atoms with van der Waals surface area (Å²) in [5.41, 5.74) is 0. The number of aliphatic hydroxyl groups excluding tert-OH is 1. The highest BCUT2D eigenvalue weighted by Crippen LogP contribution is 2.45. The van der Waals surface area contributed by atoms with E-state index in [9.17, 15) is 43.2 Å². The van der Waals surface area contributed by atoms with Crippen LogP contribution in [0.5, 0.6) is 0 Å². The Morgan fingerprint density at radius 1 is 0.311 bits per heavy atom. The Morgan fingerprint density at radius 3 is 0.789 bits per heavy atom. The lowest BCUT2D eigenvalue weighted by molar-refractivity contribution is -0.161. The highest BCUT2D eigenvalue weighted by Gasteiger charge is 2.30. The zero-order valence-corrected chi connectivity index (χ0v) is 60.1. The van der Waals surface area contributed by atoms with Crippen LogP contribution in [0.15, 0.2) is 0 Å². The molecule has 0 aliphatic carbocycles. The summed E-state index contributed by atoms with van der Waals surface area (Å²) in [6.45, 7) is 7.18. The van der Waals surface area contributed by atoms with Crippen molar-refractivity contribution in [2.24, 2.45) is 5.92 Å². The smallest absolute Gasteiger partial charge is 0.462 e. The third-order valence-electron chi connectivity index (χ3n) is 16.9. The van der Waals surface area contributed by atoms with Crippen molar-refractivity contribution in [3.8, 4) is 0 Å². The van der Waals surface area contributed by atoms with Crippen LogP contribution in [0.1, 0.15) is 369 Å². The number of carbonyl (C=O) groups excluding carboxylic acids is 4. The summed E-state index contributed by atoms with van der Waals surface area (Å²) in [7, 11) is -9.90. The van der Waals surface area contributed by atoms with Gasteiger partial charge in [0.2, 0.25) is 0 Å². The maximum Gasteiger partial charge on any atom is 0.472 e. The predicted molar refractivity (Wildman–Crippen MR) is 363 cm³/mol. The minimum atomic E-state index is -4.95. The van der Waals surface area contributed by atoms with Crippen molar-refractivity contribution >= 4 is 39.5 Å². The monoisotopic (exact) mass is 1320 g/mol. The molecule has 0 amide bonds. The highest BCUT2D eigenvalue weighted by molar-refractivity contribution is 7.47. The molecule has 0 spiro atoms. The van der Waals surface area contributed by atoms with Gasteiger partial charge < -0.3 is 33.8 Å². The van der Waals surface area contributed by atoms with E-state index in [1.807, 2.05) is 0 Å². The molecule has 3 unspecified atom stereocenters. The molecule has 0 fully saturated rings. The molecule has 0 aliphatic heterocycles. The fourth-order valence-electron chi connectivity index (χ4n) is 10.8. The van der Waals surface area contributed by atoms with Crippen molar-refractivity contribution in [3.63, 3.8) is 0 Å². The Labute approximate surface area is 549 Å². The fourth-order valence-corrected chi connectivity index (χ4v) is 12.4. The van der Waals surface area contributed by atoms with Crippen molar-refractivity contribution < 1.29 is 80.2 Å². The molecule has 0 radical (unpaired) electrons. The largest absolute Gasteiger partial charge is 0.472 e. The summed E-state index contributed by atoms with van der Waals surface area (Å²) in [5.74, 6) is -1.40. The Kier molecular flexibility index (Phi) is 63.0. The van der Waals surface area contributed by atoms with Crippen LogP contribution in [-0.2, 0) is 65.4 Å². The second-order valence-electron chi connectivity index (χ2n) is 25.9. The number of hydrogen-bond donors (Lipinski definition) is 3. The van der Waals surface area contributed by atoms with E-state index in [1.165, 1.54) is 186 Å². The number of ether oxygens (including phenoxy) is 4. The second kappa shape index (κ2) is 64.4. The maximum atomic E-state index is 13.0. The summed E-state index contributed by atoms with van der Waals surface area (Å²) in [4.78, 5) is 72.5. The van der Waals surface area contributed by atoms with Gasteiger partial charge in [0.25, 0.3) is 0 Å².